The molecule has 2 amide bonds. The van der Waals surface area contributed by atoms with Crippen LogP contribution in [-0.2, 0) is 19.1 Å². The van der Waals surface area contributed by atoms with Crippen molar-refractivity contribution in [3.05, 3.63) is 12.1 Å². The highest BCUT2D eigenvalue weighted by molar-refractivity contribution is 5.94. The Morgan fingerprint density at radius 2 is 1.62 bits per heavy atom. The zero-order valence-electron chi connectivity index (χ0n) is 17.2. The minimum absolute atomic E-state index is 0.0320. The van der Waals surface area contributed by atoms with Gasteiger partial charge in [0.2, 0.25) is 11.7 Å². The van der Waals surface area contributed by atoms with Crippen molar-refractivity contribution in [2.75, 3.05) is 33.3 Å². The molecule has 0 heterocycles. The van der Waals surface area contributed by atoms with Crippen LogP contribution in [0.4, 0.5) is 5.69 Å². The third-order valence-corrected chi connectivity index (χ3v) is 4.78. The molecule has 1 aromatic carbocycles. The van der Waals surface area contributed by atoms with Gasteiger partial charge in [-0.2, -0.15) is 0 Å². The summed E-state index contributed by atoms with van der Waals surface area (Å²) in [5, 5.41) is 5.27. The number of amides is 2. The van der Waals surface area contributed by atoms with Crippen molar-refractivity contribution in [2.24, 2.45) is 5.92 Å². The zero-order chi connectivity index (χ0) is 21.4. The molecule has 0 aromatic heterocycles. The largest absolute Gasteiger partial charge is 0.493 e. The molecular formula is C20H28N2O7. The maximum Gasteiger partial charge on any atom is 0.329 e. The summed E-state index contributed by atoms with van der Waals surface area (Å²) in [6.45, 7) is 0.880. The number of carbonyl (C=O) groups excluding carboxylic acids is 3. The molecule has 0 spiro atoms. The molecule has 9 nitrogen and oxygen atoms in total. The lowest BCUT2D eigenvalue weighted by molar-refractivity contribution is -0.152. The van der Waals surface area contributed by atoms with E-state index in [2.05, 4.69) is 10.6 Å². The van der Waals surface area contributed by atoms with Crippen LogP contribution in [0, 0.1) is 5.92 Å². The summed E-state index contributed by atoms with van der Waals surface area (Å²) >= 11 is 0. The van der Waals surface area contributed by atoms with Gasteiger partial charge < -0.3 is 29.6 Å². The highest BCUT2D eigenvalue weighted by Crippen LogP contribution is 2.39. The lowest BCUT2D eigenvalue weighted by atomic mass is 9.98. The number of methoxy groups -OCH3 is 3. The molecule has 160 valence electrons. The van der Waals surface area contributed by atoms with Gasteiger partial charge in [0.25, 0.3) is 5.91 Å². The van der Waals surface area contributed by atoms with Crippen LogP contribution >= 0.6 is 0 Å². The Morgan fingerprint density at radius 1 is 1.03 bits per heavy atom. The fraction of sp³-hybridized carbons (Fsp3) is 0.550. The summed E-state index contributed by atoms with van der Waals surface area (Å²) < 4.78 is 20.9. The number of anilines is 1. The van der Waals surface area contributed by atoms with Crippen molar-refractivity contribution in [1.82, 2.24) is 5.32 Å². The highest BCUT2D eigenvalue weighted by atomic mass is 16.5. The smallest absolute Gasteiger partial charge is 0.329 e. The van der Waals surface area contributed by atoms with Gasteiger partial charge in [0.15, 0.2) is 18.1 Å². The first kappa shape index (κ1) is 22.3. The van der Waals surface area contributed by atoms with E-state index in [1.165, 1.54) is 28.3 Å². The quantitative estimate of drug-likeness (QED) is 0.600. The van der Waals surface area contributed by atoms with E-state index in [-0.39, 0.29) is 11.8 Å². The molecule has 1 fully saturated rings. The van der Waals surface area contributed by atoms with Crippen molar-refractivity contribution >= 4 is 23.5 Å². The molecule has 2 rings (SSSR count). The Hall–Kier alpha value is -2.97. The zero-order valence-corrected chi connectivity index (χ0v) is 17.2. The van der Waals surface area contributed by atoms with Gasteiger partial charge in [-0.1, -0.05) is 12.8 Å². The van der Waals surface area contributed by atoms with Crippen LogP contribution in [0.1, 0.15) is 32.6 Å². The SMILES string of the molecule is COc1cc(NC(=O)COC(=O)C(NC(C)=O)C2CCCC2)cc(OC)c1OC. The Morgan fingerprint density at radius 3 is 2.10 bits per heavy atom. The van der Waals surface area contributed by atoms with E-state index in [1.807, 2.05) is 0 Å². The van der Waals surface area contributed by atoms with Crippen LogP contribution < -0.4 is 24.8 Å². The maximum atomic E-state index is 12.4. The number of ether oxygens (including phenoxy) is 4. The van der Waals surface area contributed by atoms with E-state index in [1.54, 1.807) is 12.1 Å². The van der Waals surface area contributed by atoms with E-state index >= 15 is 0 Å². The minimum Gasteiger partial charge on any atom is -0.493 e. The number of rotatable bonds is 9. The standard InChI is InChI=1S/C20H28N2O7/c1-12(23)21-18(13-7-5-6-8-13)20(25)29-11-17(24)22-14-9-15(26-2)19(28-4)16(10-14)27-3/h9-10,13,18H,5-8,11H2,1-4H3,(H,21,23)(H,22,24). The molecule has 1 aliphatic rings. The Bertz CT molecular complexity index is 719. The Labute approximate surface area is 170 Å². The molecule has 2 N–H and O–H groups in total. The van der Waals surface area contributed by atoms with E-state index < -0.39 is 24.5 Å². The number of esters is 1. The van der Waals surface area contributed by atoms with Crippen molar-refractivity contribution < 1.29 is 33.3 Å². The predicted molar refractivity (Wildman–Crippen MR) is 105 cm³/mol. The fourth-order valence-electron chi connectivity index (χ4n) is 3.46. The predicted octanol–water partition coefficient (Wildman–Crippen LogP) is 1.89. The van der Waals surface area contributed by atoms with Crippen molar-refractivity contribution in [2.45, 2.75) is 38.6 Å². The summed E-state index contributed by atoms with van der Waals surface area (Å²) in [5.74, 6) is -0.246. The van der Waals surface area contributed by atoms with E-state index in [0.29, 0.717) is 22.9 Å². The first-order valence-electron chi connectivity index (χ1n) is 9.43. The van der Waals surface area contributed by atoms with Gasteiger partial charge in [-0.3, -0.25) is 9.59 Å². The Balaban J connectivity index is 1.99. The molecule has 1 saturated carbocycles. The van der Waals surface area contributed by atoms with Gasteiger partial charge in [-0.15, -0.1) is 0 Å². The van der Waals surface area contributed by atoms with Crippen LogP contribution in [0.2, 0.25) is 0 Å². The van der Waals surface area contributed by atoms with E-state index in [9.17, 15) is 14.4 Å². The molecule has 1 unspecified atom stereocenters. The normalized spacial score (nSPS) is 14.6. The van der Waals surface area contributed by atoms with Crippen LogP contribution in [0.15, 0.2) is 12.1 Å². The van der Waals surface area contributed by atoms with Crippen LogP contribution in [0.25, 0.3) is 0 Å². The molecule has 1 aromatic rings. The van der Waals surface area contributed by atoms with Gasteiger partial charge in [-0.25, -0.2) is 4.79 Å². The summed E-state index contributed by atoms with van der Waals surface area (Å²) in [6.07, 6.45) is 3.71. The molecule has 9 heteroatoms. The summed E-state index contributed by atoms with van der Waals surface area (Å²) in [4.78, 5) is 36.1. The maximum absolute atomic E-state index is 12.4. The fourth-order valence-corrected chi connectivity index (χ4v) is 3.46. The topological polar surface area (TPSA) is 112 Å². The third-order valence-electron chi connectivity index (χ3n) is 4.78. The van der Waals surface area contributed by atoms with Crippen LogP contribution in [0.5, 0.6) is 17.2 Å². The van der Waals surface area contributed by atoms with Crippen LogP contribution in [0.3, 0.4) is 0 Å². The average molecular weight is 408 g/mol. The number of hydrogen-bond acceptors (Lipinski definition) is 7. The van der Waals surface area contributed by atoms with Crippen molar-refractivity contribution in [1.29, 1.82) is 0 Å². The molecule has 0 aliphatic heterocycles. The van der Waals surface area contributed by atoms with Gasteiger partial charge >= 0.3 is 5.97 Å². The number of nitrogens with one attached hydrogen (secondary N) is 2. The van der Waals surface area contributed by atoms with Gasteiger partial charge in [0.1, 0.15) is 6.04 Å². The molecule has 1 aliphatic carbocycles. The van der Waals surface area contributed by atoms with Crippen molar-refractivity contribution in [3.8, 4) is 17.2 Å². The van der Waals surface area contributed by atoms with Gasteiger partial charge in [0.05, 0.1) is 21.3 Å². The second-order valence-corrected chi connectivity index (χ2v) is 6.79. The molecule has 29 heavy (non-hydrogen) atoms. The molecule has 0 bridgehead atoms. The number of hydrogen-bond donors (Lipinski definition) is 2. The minimum atomic E-state index is -0.732. The van der Waals surface area contributed by atoms with Gasteiger partial charge in [-0.05, 0) is 18.8 Å². The molecule has 0 radical (unpaired) electrons. The van der Waals surface area contributed by atoms with Gasteiger partial charge in [0, 0.05) is 24.7 Å². The first-order valence-corrected chi connectivity index (χ1v) is 9.43. The molecule has 0 saturated heterocycles. The Kier molecular flexibility index (Phi) is 8.11. The monoisotopic (exact) mass is 408 g/mol. The highest BCUT2D eigenvalue weighted by Gasteiger charge is 2.32. The second kappa shape index (κ2) is 10.5. The third kappa shape index (κ3) is 6.00. The molecular weight excluding hydrogens is 380 g/mol. The van der Waals surface area contributed by atoms with Crippen LogP contribution in [-0.4, -0.2) is 51.8 Å². The van der Waals surface area contributed by atoms with Crippen molar-refractivity contribution in [3.63, 3.8) is 0 Å². The first-order chi connectivity index (χ1) is 13.9. The number of benzene rings is 1. The average Bonchev–Trinajstić information content (AvgIpc) is 3.23. The summed E-state index contributed by atoms with van der Waals surface area (Å²) in [6, 6.07) is 2.41. The lowest BCUT2D eigenvalue weighted by Crippen LogP contribution is -2.46. The number of carbonyl (C=O) groups is 3. The second-order valence-electron chi connectivity index (χ2n) is 6.79. The van der Waals surface area contributed by atoms with E-state index in [0.717, 1.165) is 25.7 Å². The molecule has 1 atom stereocenters. The summed E-state index contributed by atoms with van der Waals surface area (Å²) in [7, 11) is 4.42. The lowest BCUT2D eigenvalue weighted by Gasteiger charge is -2.22. The summed E-state index contributed by atoms with van der Waals surface area (Å²) in [5.41, 5.74) is 0.398. The van der Waals surface area contributed by atoms with E-state index in [4.69, 9.17) is 18.9 Å².